The Labute approximate surface area is 220 Å². The Morgan fingerprint density at radius 3 is 2.51 bits per heavy atom. The highest BCUT2D eigenvalue weighted by Crippen LogP contribution is 2.32. The fourth-order valence-electron chi connectivity index (χ4n) is 4.19. The normalized spacial score (nSPS) is 18.2. The third-order valence-electron chi connectivity index (χ3n) is 6.13. The largest absolute Gasteiger partial charge is 0.486 e. The molecule has 1 fully saturated rings. The van der Waals surface area contributed by atoms with Crippen LogP contribution in [0.1, 0.15) is 36.6 Å². The number of pyridine rings is 2. The molecule has 1 N–H and O–H groups in total. The summed E-state index contributed by atoms with van der Waals surface area (Å²) in [6, 6.07) is 4.80. The summed E-state index contributed by atoms with van der Waals surface area (Å²) in [5.41, 5.74) is -0.742. The minimum absolute atomic E-state index is 0.0636. The summed E-state index contributed by atoms with van der Waals surface area (Å²) in [6.45, 7) is 1.06. The number of aromatic nitrogens is 2. The predicted molar refractivity (Wildman–Crippen MR) is 128 cm³/mol. The molecule has 1 aliphatic rings. The molecule has 208 valence electrons. The maximum absolute atomic E-state index is 14.2. The maximum atomic E-state index is 14.2. The smallest absolute Gasteiger partial charge is 0.417 e. The highest BCUT2D eigenvalue weighted by atomic mass is 32.2. The van der Waals surface area contributed by atoms with E-state index in [1.165, 1.54) is 6.07 Å². The average Bonchev–Trinajstić information content (AvgIpc) is 3.29. The summed E-state index contributed by atoms with van der Waals surface area (Å²) < 4.78 is 98.9. The zero-order valence-corrected chi connectivity index (χ0v) is 21.3. The first-order valence-electron chi connectivity index (χ1n) is 11.7. The van der Waals surface area contributed by atoms with E-state index in [1.54, 1.807) is 6.92 Å². The molecule has 3 heterocycles. The molecule has 8 nitrogen and oxygen atoms in total. The van der Waals surface area contributed by atoms with Crippen LogP contribution in [0.5, 0.6) is 5.75 Å². The lowest BCUT2D eigenvalue weighted by Crippen LogP contribution is -2.48. The van der Waals surface area contributed by atoms with Crippen LogP contribution in [0.25, 0.3) is 0 Å². The Kier molecular flexibility index (Phi) is 8.16. The number of alkyl halides is 3. The van der Waals surface area contributed by atoms with Gasteiger partial charge in [0, 0.05) is 30.1 Å². The van der Waals surface area contributed by atoms with Crippen LogP contribution in [0, 0.1) is 11.6 Å². The van der Waals surface area contributed by atoms with E-state index in [0.29, 0.717) is 12.6 Å². The van der Waals surface area contributed by atoms with Crippen LogP contribution in [-0.4, -0.2) is 40.7 Å². The number of rotatable bonds is 8. The third-order valence-corrected chi connectivity index (χ3v) is 8.17. The lowest BCUT2D eigenvalue weighted by Gasteiger charge is -2.27. The van der Waals surface area contributed by atoms with Gasteiger partial charge >= 0.3 is 6.18 Å². The Bertz CT molecular complexity index is 1450. The van der Waals surface area contributed by atoms with Crippen molar-refractivity contribution in [3.05, 3.63) is 83.4 Å². The second kappa shape index (κ2) is 11.2. The molecule has 39 heavy (non-hydrogen) atoms. The highest BCUT2D eigenvalue weighted by Gasteiger charge is 2.43. The minimum Gasteiger partial charge on any atom is -0.486 e. The highest BCUT2D eigenvalue weighted by molar-refractivity contribution is 7.89. The van der Waals surface area contributed by atoms with E-state index >= 15 is 0 Å². The van der Waals surface area contributed by atoms with Crippen molar-refractivity contribution in [2.75, 3.05) is 0 Å². The molecule has 0 unspecified atom stereocenters. The number of nitrogens with one attached hydrogen (secondary N) is 1. The van der Waals surface area contributed by atoms with E-state index in [4.69, 9.17) is 4.74 Å². The number of halogens is 5. The first-order valence-corrected chi connectivity index (χ1v) is 13.2. The number of hydrogen-bond acceptors (Lipinski definition) is 6. The molecule has 2 atom stereocenters. The minimum atomic E-state index is -4.60. The molecule has 0 aliphatic carbocycles. The van der Waals surface area contributed by atoms with E-state index in [2.05, 4.69) is 15.3 Å². The number of sulfonamides is 1. The van der Waals surface area contributed by atoms with Crippen LogP contribution in [0.15, 0.2) is 59.9 Å². The van der Waals surface area contributed by atoms with Gasteiger partial charge in [0.1, 0.15) is 18.5 Å². The zero-order chi connectivity index (χ0) is 28.4. The van der Waals surface area contributed by atoms with E-state index < -0.39 is 58.0 Å². The number of ether oxygens (including phenoxy) is 1. The summed E-state index contributed by atoms with van der Waals surface area (Å²) >= 11 is 0. The molecule has 14 heteroatoms. The predicted octanol–water partition coefficient (Wildman–Crippen LogP) is 4.21. The van der Waals surface area contributed by atoms with E-state index in [1.807, 2.05) is 0 Å². The van der Waals surface area contributed by atoms with Crippen LogP contribution >= 0.6 is 0 Å². The number of carbonyl (C=O) groups excluding carboxylic acids is 1. The molecule has 0 spiro atoms. The molecular weight excluding hydrogens is 547 g/mol. The zero-order valence-electron chi connectivity index (χ0n) is 20.5. The van der Waals surface area contributed by atoms with E-state index in [9.17, 15) is 35.2 Å². The summed E-state index contributed by atoms with van der Waals surface area (Å²) in [5.74, 6) is -2.37. The molecule has 1 amide bonds. The molecule has 1 aromatic carbocycles. The van der Waals surface area contributed by atoms with Crippen molar-refractivity contribution in [1.82, 2.24) is 19.6 Å². The van der Waals surface area contributed by atoms with Gasteiger partial charge < -0.3 is 10.1 Å². The molecule has 0 saturated carbocycles. The van der Waals surface area contributed by atoms with Gasteiger partial charge in [-0.2, -0.15) is 17.5 Å². The topological polar surface area (TPSA) is 101 Å². The number of amides is 1. The van der Waals surface area contributed by atoms with Gasteiger partial charge in [0.25, 0.3) is 0 Å². The Balaban J connectivity index is 1.42. The van der Waals surface area contributed by atoms with Gasteiger partial charge in [-0.3, -0.25) is 14.8 Å². The molecule has 2 aromatic heterocycles. The number of nitrogens with zero attached hydrogens (tertiary/aromatic N) is 3. The summed E-state index contributed by atoms with van der Waals surface area (Å²) in [7, 11) is -4.10. The first kappa shape index (κ1) is 28.4. The van der Waals surface area contributed by atoms with Gasteiger partial charge in [0.2, 0.25) is 15.9 Å². The lowest BCUT2D eigenvalue weighted by atomic mass is 10.2. The molecular formula is C25H23F5N4O4S. The van der Waals surface area contributed by atoms with Crippen LogP contribution in [0.3, 0.4) is 0 Å². The van der Waals surface area contributed by atoms with Crippen molar-refractivity contribution in [2.45, 2.75) is 56.1 Å². The van der Waals surface area contributed by atoms with Crippen molar-refractivity contribution in [3.8, 4) is 5.75 Å². The third kappa shape index (κ3) is 6.50. The van der Waals surface area contributed by atoms with Crippen LogP contribution in [-0.2, 0) is 34.1 Å². The van der Waals surface area contributed by atoms with Crippen LogP contribution < -0.4 is 10.1 Å². The number of carbonyl (C=O) groups is 1. The Morgan fingerprint density at radius 2 is 1.82 bits per heavy atom. The second-order valence-electron chi connectivity index (χ2n) is 8.92. The molecule has 0 bridgehead atoms. The summed E-state index contributed by atoms with van der Waals surface area (Å²) in [4.78, 5) is 20.2. The average molecular weight is 571 g/mol. The van der Waals surface area contributed by atoms with Gasteiger partial charge in [-0.1, -0.05) is 0 Å². The van der Waals surface area contributed by atoms with Gasteiger partial charge in [0.15, 0.2) is 11.6 Å². The van der Waals surface area contributed by atoms with Crippen LogP contribution in [0.2, 0.25) is 0 Å². The maximum Gasteiger partial charge on any atom is 0.417 e. The molecule has 1 saturated heterocycles. The molecule has 0 radical (unpaired) electrons. The van der Waals surface area contributed by atoms with Gasteiger partial charge in [-0.25, -0.2) is 17.2 Å². The Hall–Kier alpha value is -3.65. The van der Waals surface area contributed by atoms with E-state index in [-0.39, 0.29) is 34.9 Å². The molecule has 4 rings (SSSR count). The van der Waals surface area contributed by atoms with Crippen molar-refractivity contribution >= 4 is 15.9 Å². The number of hydrogen-bond donors (Lipinski definition) is 1. The van der Waals surface area contributed by atoms with Crippen molar-refractivity contribution in [1.29, 1.82) is 0 Å². The van der Waals surface area contributed by atoms with Crippen LogP contribution in [0.4, 0.5) is 22.0 Å². The summed E-state index contributed by atoms with van der Waals surface area (Å²) in [6.07, 6.45) is -1.26. The quantitative estimate of drug-likeness (QED) is 0.408. The van der Waals surface area contributed by atoms with Gasteiger partial charge in [-0.05, 0) is 50.1 Å². The molecule has 3 aromatic rings. The first-order chi connectivity index (χ1) is 18.4. The monoisotopic (exact) mass is 570 g/mol. The fourth-order valence-corrected chi connectivity index (χ4v) is 6.03. The lowest BCUT2D eigenvalue weighted by molar-refractivity contribution is -0.137. The standard InChI is InChI=1S/C25H23F5N4O4S/c1-15-2-7-22(34(15)39(36,37)20-5-3-18(26)4-6-20)24(35)33-12-19-9-23(21(27)13-32-19)38-14-16-8-17(11-31-10-16)25(28,29)30/h3-6,8-11,13,15,22H,2,7,12,14H2,1H3,(H,33,35)/t15-,22-/m0/s1. The summed E-state index contributed by atoms with van der Waals surface area (Å²) in [5, 5.41) is 2.59. The Morgan fingerprint density at radius 1 is 1.10 bits per heavy atom. The van der Waals surface area contributed by atoms with E-state index in [0.717, 1.165) is 47.0 Å². The second-order valence-corrected chi connectivity index (χ2v) is 10.8. The van der Waals surface area contributed by atoms with Gasteiger partial charge in [-0.15, -0.1) is 0 Å². The van der Waals surface area contributed by atoms with Crippen molar-refractivity contribution in [2.24, 2.45) is 0 Å². The molecule has 1 aliphatic heterocycles. The van der Waals surface area contributed by atoms with Gasteiger partial charge in [0.05, 0.1) is 28.9 Å². The van der Waals surface area contributed by atoms with Crippen molar-refractivity contribution in [3.63, 3.8) is 0 Å². The van der Waals surface area contributed by atoms with Crippen molar-refractivity contribution < 1.29 is 39.9 Å². The fraction of sp³-hybridized carbons (Fsp3) is 0.320. The SMILES string of the molecule is C[C@H]1CC[C@@H](C(=O)NCc2cc(OCc3cncc(C(F)(F)F)c3)c(F)cn2)N1S(=O)(=O)c1ccc(F)cc1. The number of benzene rings is 1.